The minimum absolute atomic E-state index is 0.0175. The first-order valence-corrected chi connectivity index (χ1v) is 6.77. The Morgan fingerprint density at radius 2 is 1.84 bits per heavy atom. The molecule has 3 nitrogen and oxygen atoms in total. The Morgan fingerprint density at radius 1 is 1.11 bits per heavy atom. The zero-order chi connectivity index (χ0) is 13.7. The Balaban J connectivity index is 2.37. The molecule has 2 rings (SSSR count). The van der Waals surface area contributed by atoms with Gasteiger partial charge in [-0.1, -0.05) is 38.1 Å². The summed E-state index contributed by atoms with van der Waals surface area (Å²) in [6.45, 7) is 4.29. The van der Waals surface area contributed by atoms with Crippen LogP contribution in [0, 0.1) is 0 Å². The van der Waals surface area contributed by atoms with Crippen molar-refractivity contribution in [2.75, 3.05) is 0 Å². The maximum absolute atomic E-state index is 5.76. The molecule has 0 fully saturated rings. The predicted molar refractivity (Wildman–Crippen MR) is 78.6 cm³/mol. The van der Waals surface area contributed by atoms with E-state index in [2.05, 4.69) is 48.5 Å². The molecule has 1 unspecified atom stereocenters. The number of nitrogens with two attached hydrogens (primary N) is 1. The van der Waals surface area contributed by atoms with E-state index in [9.17, 15) is 0 Å². The number of rotatable bonds is 5. The molecule has 3 heteroatoms. The van der Waals surface area contributed by atoms with E-state index in [-0.39, 0.29) is 6.04 Å². The quantitative estimate of drug-likeness (QED) is 0.638. The van der Waals surface area contributed by atoms with Gasteiger partial charge in [0.15, 0.2) is 0 Å². The number of hydrogen-bond donors (Lipinski definition) is 2. The van der Waals surface area contributed by atoms with E-state index in [1.165, 1.54) is 22.3 Å². The van der Waals surface area contributed by atoms with Gasteiger partial charge in [-0.2, -0.15) is 0 Å². The van der Waals surface area contributed by atoms with Gasteiger partial charge in [-0.05, 0) is 41.2 Å². The second-order valence-corrected chi connectivity index (χ2v) is 4.62. The van der Waals surface area contributed by atoms with Gasteiger partial charge in [0, 0.05) is 12.4 Å². The average molecular weight is 255 g/mol. The zero-order valence-electron chi connectivity index (χ0n) is 11.6. The van der Waals surface area contributed by atoms with Gasteiger partial charge in [0.25, 0.3) is 0 Å². The molecule has 0 aliphatic heterocycles. The first-order valence-electron chi connectivity index (χ1n) is 6.77. The van der Waals surface area contributed by atoms with Gasteiger partial charge >= 0.3 is 0 Å². The monoisotopic (exact) mass is 255 g/mol. The van der Waals surface area contributed by atoms with Crippen molar-refractivity contribution in [3.8, 4) is 0 Å². The molecule has 3 N–H and O–H groups in total. The smallest absolute Gasteiger partial charge is 0.0713 e. The largest absolute Gasteiger partial charge is 0.271 e. The molecule has 1 aromatic carbocycles. The third-order valence-electron chi connectivity index (χ3n) is 3.52. The fraction of sp³-hybridized carbons (Fsp3) is 0.312. The lowest BCUT2D eigenvalue weighted by molar-refractivity contribution is 0.630. The van der Waals surface area contributed by atoms with Crippen LogP contribution in [0.4, 0.5) is 0 Å². The van der Waals surface area contributed by atoms with Crippen molar-refractivity contribution in [1.82, 2.24) is 10.4 Å². The van der Waals surface area contributed by atoms with Gasteiger partial charge in [0.05, 0.1) is 6.04 Å². The summed E-state index contributed by atoms with van der Waals surface area (Å²) in [6.07, 6.45) is 5.74. The summed E-state index contributed by atoms with van der Waals surface area (Å²) in [6, 6.07) is 10.7. The molecule has 0 spiro atoms. The van der Waals surface area contributed by atoms with E-state index in [0.717, 1.165) is 12.8 Å². The van der Waals surface area contributed by atoms with Crippen LogP contribution in [0.1, 0.15) is 42.1 Å². The average Bonchev–Trinajstić information content (AvgIpc) is 2.49. The van der Waals surface area contributed by atoms with Gasteiger partial charge in [-0.3, -0.25) is 10.8 Å². The van der Waals surface area contributed by atoms with E-state index in [1.807, 2.05) is 18.5 Å². The Kier molecular flexibility index (Phi) is 4.66. The van der Waals surface area contributed by atoms with Gasteiger partial charge in [-0.15, -0.1) is 0 Å². The second kappa shape index (κ2) is 6.45. The third kappa shape index (κ3) is 3.00. The number of pyridine rings is 1. The Hall–Kier alpha value is -1.71. The van der Waals surface area contributed by atoms with Crippen LogP contribution < -0.4 is 11.3 Å². The molecule has 0 amide bonds. The fourth-order valence-electron chi connectivity index (χ4n) is 2.33. The summed E-state index contributed by atoms with van der Waals surface area (Å²) in [5, 5.41) is 0. The molecular formula is C16H21N3. The summed E-state index contributed by atoms with van der Waals surface area (Å²) in [5.41, 5.74) is 7.86. The van der Waals surface area contributed by atoms with E-state index in [1.54, 1.807) is 0 Å². The fourth-order valence-corrected chi connectivity index (χ4v) is 2.33. The van der Waals surface area contributed by atoms with Crippen molar-refractivity contribution in [1.29, 1.82) is 0 Å². The maximum atomic E-state index is 5.76. The van der Waals surface area contributed by atoms with Gasteiger partial charge < -0.3 is 0 Å². The van der Waals surface area contributed by atoms with Crippen molar-refractivity contribution in [2.24, 2.45) is 5.84 Å². The highest BCUT2D eigenvalue weighted by atomic mass is 15.2. The minimum atomic E-state index is 0.0175. The Bertz CT molecular complexity index is 520. The van der Waals surface area contributed by atoms with Gasteiger partial charge in [-0.25, -0.2) is 5.43 Å². The molecule has 0 aliphatic carbocycles. The number of nitrogens with zero attached hydrogens (tertiary/aromatic N) is 1. The molecule has 0 aliphatic rings. The van der Waals surface area contributed by atoms with Crippen molar-refractivity contribution < 1.29 is 0 Å². The van der Waals surface area contributed by atoms with Crippen molar-refractivity contribution >= 4 is 0 Å². The van der Waals surface area contributed by atoms with Crippen molar-refractivity contribution in [3.63, 3.8) is 0 Å². The number of aromatic nitrogens is 1. The molecule has 2 aromatic rings. The van der Waals surface area contributed by atoms with Crippen LogP contribution in [0.5, 0.6) is 0 Å². The highest BCUT2D eigenvalue weighted by molar-refractivity contribution is 5.36. The van der Waals surface area contributed by atoms with Crippen LogP contribution in [0.25, 0.3) is 0 Å². The summed E-state index contributed by atoms with van der Waals surface area (Å²) in [7, 11) is 0. The molecule has 0 saturated carbocycles. The molecule has 100 valence electrons. The highest BCUT2D eigenvalue weighted by Gasteiger charge is 2.15. The molecule has 0 radical (unpaired) electrons. The van der Waals surface area contributed by atoms with Crippen LogP contribution >= 0.6 is 0 Å². The molecule has 1 atom stereocenters. The lowest BCUT2D eigenvalue weighted by atomic mass is 9.94. The number of benzene rings is 1. The first kappa shape index (κ1) is 13.7. The number of aryl methyl sites for hydroxylation is 2. The van der Waals surface area contributed by atoms with Crippen LogP contribution in [-0.2, 0) is 12.8 Å². The number of hydrazine groups is 1. The van der Waals surface area contributed by atoms with Crippen LogP contribution in [-0.4, -0.2) is 4.98 Å². The van der Waals surface area contributed by atoms with Gasteiger partial charge in [0.1, 0.15) is 0 Å². The minimum Gasteiger partial charge on any atom is -0.271 e. The number of hydrogen-bond acceptors (Lipinski definition) is 3. The molecule has 19 heavy (non-hydrogen) atoms. The van der Waals surface area contributed by atoms with Crippen LogP contribution in [0.2, 0.25) is 0 Å². The Labute approximate surface area is 114 Å². The molecule has 0 saturated heterocycles. The summed E-state index contributed by atoms with van der Waals surface area (Å²) < 4.78 is 0. The standard InChI is InChI=1S/C16H21N3/c1-3-12-5-7-14(8-6-12)16(19-17)15-9-10-18-11-13(15)4-2/h5-11,16,19H,3-4,17H2,1-2H3. The highest BCUT2D eigenvalue weighted by Crippen LogP contribution is 2.24. The van der Waals surface area contributed by atoms with E-state index < -0.39 is 0 Å². The topological polar surface area (TPSA) is 50.9 Å². The lowest BCUT2D eigenvalue weighted by Crippen LogP contribution is -2.29. The maximum Gasteiger partial charge on any atom is 0.0713 e. The van der Waals surface area contributed by atoms with E-state index >= 15 is 0 Å². The molecular weight excluding hydrogens is 234 g/mol. The third-order valence-corrected chi connectivity index (χ3v) is 3.52. The SMILES string of the molecule is CCc1ccc(C(NN)c2ccncc2CC)cc1. The summed E-state index contributed by atoms with van der Waals surface area (Å²) in [4.78, 5) is 4.19. The van der Waals surface area contributed by atoms with Crippen LogP contribution in [0.15, 0.2) is 42.7 Å². The molecule has 0 bridgehead atoms. The summed E-state index contributed by atoms with van der Waals surface area (Å²) >= 11 is 0. The normalized spacial score (nSPS) is 12.4. The van der Waals surface area contributed by atoms with E-state index in [0.29, 0.717) is 0 Å². The molecule has 1 heterocycles. The molecule has 1 aromatic heterocycles. The number of nitrogens with one attached hydrogen (secondary N) is 1. The van der Waals surface area contributed by atoms with Crippen LogP contribution in [0.3, 0.4) is 0 Å². The van der Waals surface area contributed by atoms with Gasteiger partial charge in [0.2, 0.25) is 0 Å². The van der Waals surface area contributed by atoms with Crippen molar-refractivity contribution in [3.05, 3.63) is 65.0 Å². The Morgan fingerprint density at radius 3 is 2.42 bits per heavy atom. The second-order valence-electron chi connectivity index (χ2n) is 4.62. The van der Waals surface area contributed by atoms with E-state index in [4.69, 9.17) is 5.84 Å². The zero-order valence-corrected chi connectivity index (χ0v) is 11.6. The predicted octanol–water partition coefficient (Wildman–Crippen LogP) is 2.76. The summed E-state index contributed by atoms with van der Waals surface area (Å²) in [5.74, 6) is 5.76. The lowest BCUT2D eigenvalue weighted by Gasteiger charge is -2.19. The van der Waals surface area contributed by atoms with Crippen molar-refractivity contribution in [2.45, 2.75) is 32.7 Å². The first-order chi connectivity index (χ1) is 9.30.